The van der Waals surface area contributed by atoms with Crippen LogP contribution in [0.25, 0.3) is 0 Å². The third kappa shape index (κ3) is 6.12. The van der Waals surface area contributed by atoms with E-state index in [4.69, 9.17) is 11.6 Å². The smallest absolute Gasteiger partial charge is 0.339 e. The molecule has 1 amide bonds. The number of amides is 1. The molecule has 0 radical (unpaired) electrons. The Hall–Kier alpha value is -2.28. The molecule has 31 heavy (non-hydrogen) atoms. The number of thioether (sulfide) groups is 1. The van der Waals surface area contributed by atoms with Crippen molar-refractivity contribution in [3.8, 4) is 6.07 Å². The van der Waals surface area contributed by atoms with Crippen LogP contribution in [0.1, 0.15) is 22.4 Å². The zero-order chi connectivity index (χ0) is 22.6. The molecule has 3 rings (SSSR count). The van der Waals surface area contributed by atoms with Crippen LogP contribution in [0, 0.1) is 18.3 Å². The molecule has 0 atom stereocenters. The number of hydrogen-bond donors (Lipinski definition) is 0. The molecular weight excluding hydrogens is 449 g/mol. The molecule has 0 unspecified atom stereocenters. The number of nitrogens with zero attached hydrogens (tertiary/aromatic N) is 4. The Bertz CT molecular complexity index is 1000. The van der Waals surface area contributed by atoms with Gasteiger partial charge < -0.3 is 4.90 Å². The van der Waals surface area contributed by atoms with E-state index in [9.17, 15) is 23.2 Å². The lowest BCUT2D eigenvalue weighted by molar-refractivity contribution is -0.138. The fraction of sp³-hybridized carbons (Fsp3) is 0.381. The number of alkyl halides is 3. The molecule has 1 aliphatic rings. The molecule has 1 saturated heterocycles. The lowest BCUT2D eigenvalue weighted by atomic mass is 10.1. The van der Waals surface area contributed by atoms with Crippen LogP contribution in [0.4, 0.5) is 13.2 Å². The molecule has 1 aromatic carbocycles. The Balaban J connectivity index is 1.58. The monoisotopic (exact) mass is 468 g/mol. The van der Waals surface area contributed by atoms with Gasteiger partial charge in [-0.05, 0) is 30.7 Å². The largest absolute Gasteiger partial charge is 0.417 e. The van der Waals surface area contributed by atoms with Crippen molar-refractivity contribution in [2.24, 2.45) is 0 Å². The van der Waals surface area contributed by atoms with Crippen molar-refractivity contribution < 1.29 is 18.0 Å². The molecule has 5 nitrogen and oxygen atoms in total. The van der Waals surface area contributed by atoms with Crippen LogP contribution in [0.3, 0.4) is 0 Å². The van der Waals surface area contributed by atoms with Crippen LogP contribution in [-0.2, 0) is 17.5 Å². The normalized spacial score (nSPS) is 15.0. The summed E-state index contributed by atoms with van der Waals surface area (Å²) in [5.74, 6) is -0.260. The first-order chi connectivity index (χ1) is 14.7. The van der Waals surface area contributed by atoms with Crippen molar-refractivity contribution >= 4 is 29.3 Å². The van der Waals surface area contributed by atoms with Gasteiger partial charge in [-0.15, -0.1) is 0 Å². The highest BCUT2D eigenvalue weighted by Gasteiger charge is 2.35. The number of carbonyl (C=O) groups is 1. The summed E-state index contributed by atoms with van der Waals surface area (Å²) in [6.07, 6.45) is -4.66. The Labute approximate surface area is 187 Å². The van der Waals surface area contributed by atoms with Crippen molar-refractivity contribution in [2.45, 2.75) is 24.7 Å². The molecule has 10 heteroatoms. The van der Waals surface area contributed by atoms with Crippen LogP contribution in [-0.4, -0.2) is 52.6 Å². The Kier molecular flexibility index (Phi) is 7.46. The Morgan fingerprint density at radius 1 is 1.26 bits per heavy atom. The second-order valence-corrected chi connectivity index (χ2v) is 8.58. The molecule has 1 aliphatic heterocycles. The van der Waals surface area contributed by atoms with Crippen molar-refractivity contribution in [3.63, 3.8) is 0 Å². The molecule has 0 spiro atoms. The summed E-state index contributed by atoms with van der Waals surface area (Å²) in [6.45, 7) is 4.60. The number of aryl methyl sites for hydroxylation is 1. The number of halogens is 4. The van der Waals surface area contributed by atoms with Crippen molar-refractivity contribution in [1.82, 2.24) is 14.8 Å². The van der Waals surface area contributed by atoms with E-state index < -0.39 is 17.3 Å². The van der Waals surface area contributed by atoms with Crippen LogP contribution in [0.2, 0.25) is 5.02 Å². The number of carbonyl (C=O) groups excluding carboxylic acids is 1. The third-order valence-corrected chi connectivity index (χ3v) is 6.08. The van der Waals surface area contributed by atoms with E-state index in [0.717, 1.165) is 29.9 Å². The number of benzene rings is 1. The van der Waals surface area contributed by atoms with E-state index in [0.29, 0.717) is 31.2 Å². The van der Waals surface area contributed by atoms with E-state index in [1.165, 1.54) is 6.92 Å². The van der Waals surface area contributed by atoms with Gasteiger partial charge in [0.1, 0.15) is 11.1 Å². The fourth-order valence-electron chi connectivity index (χ4n) is 3.35. The van der Waals surface area contributed by atoms with Crippen LogP contribution in [0.5, 0.6) is 0 Å². The minimum Gasteiger partial charge on any atom is -0.339 e. The van der Waals surface area contributed by atoms with Gasteiger partial charge in [-0.2, -0.15) is 18.4 Å². The number of rotatable bonds is 5. The zero-order valence-corrected chi connectivity index (χ0v) is 18.3. The fourth-order valence-corrected chi connectivity index (χ4v) is 4.52. The first-order valence-electron chi connectivity index (χ1n) is 9.53. The molecule has 164 valence electrons. The highest BCUT2D eigenvalue weighted by molar-refractivity contribution is 8.00. The van der Waals surface area contributed by atoms with Crippen LogP contribution >= 0.6 is 23.4 Å². The number of pyridine rings is 1. The zero-order valence-electron chi connectivity index (χ0n) is 16.7. The van der Waals surface area contributed by atoms with Gasteiger partial charge in [0.2, 0.25) is 5.91 Å². The topological polar surface area (TPSA) is 60.2 Å². The highest BCUT2D eigenvalue weighted by Crippen LogP contribution is 2.35. The molecule has 1 fully saturated rings. The first-order valence-corrected chi connectivity index (χ1v) is 10.9. The van der Waals surface area contributed by atoms with Gasteiger partial charge in [0, 0.05) is 43.4 Å². The van der Waals surface area contributed by atoms with E-state index in [-0.39, 0.29) is 22.4 Å². The minimum absolute atomic E-state index is 0.0669. The molecule has 2 heterocycles. The second-order valence-electron chi connectivity index (χ2n) is 7.18. The minimum atomic E-state index is -4.66. The van der Waals surface area contributed by atoms with Crippen molar-refractivity contribution in [2.75, 3.05) is 31.9 Å². The maximum atomic E-state index is 13.2. The van der Waals surface area contributed by atoms with Gasteiger partial charge in [-0.25, -0.2) is 4.98 Å². The number of hydrogen-bond acceptors (Lipinski definition) is 5. The summed E-state index contributed by atoms with van der Waals surface area (Å²) in [4.78, 5) is 20.5. The lowest BCUT2D eigenvalue weighted by Gasteiger charge is -2.34. The van der Waals surface area contributed by atoms with E-state index in [1.54, 1.807) is 11.0 Å². The van der Waals surface area contributed by atoms with Crippen LogP contribution < -0.4 is 0 Å². The predicted molar refractivity (Wildman–Crippen MR) is 113 cm³/mol. The number of aromatic nitrogens is 1. The lowest BCUT2D eigenvalue weighted by Crippen LogP contribution is -2.48. The third-order valence-electron chi connectivity index (χ3n) is 4.88. The summed E-state index contributed by atoms with van der Waals surface area (Å²) in [5.41, 5.74) is -0.317. The van der Waals surface area contributed by atoms with Gasteiger partial charge in [0.15, 0.2) is 0 Å². The summed E-state index contributed by atoms with van der Waals surface area (Å²) in [7, 11) is 0. The molecule has 1 aromatic heterocycles. The van der Waals surface area contributed by atoms with Gasteiger partial charge in [0.25, 0.3) is 0 Å². The van der Waals surface area contributed by atoms with Crippen molar-refractivity contribution in [3.05, 3.63) is 57.7 Å². The second kappa shape index (κ2) is 9.90. The van der Waals surface area contributed by atoms with E-state index in [2.05, 4.69) is 9.88 Å². The molecule has 0 N–H and O–H groups in total. The molecule has 2 aromatic rings. The maximum Gasteiger partial charge on any atom is 0.417 e. The number of nitriles is 1. The highest BCUT2D eigenvalue weighted by atomic mass is 35.5. The van der Waals surface area contributed by atoms with E-state index >= 15 is 0 Å². The Morgan fingerprint density at radius 2 is 1.97 bits per heavy atom. The van der Waals surface area contributed by atoms with Gasteiger partial charge in [-0.3, -0.25) is 9.69 Å². The van der Waals surface area contributed by atoms with Crippen molar-refractivity contribution in [1.29, 1.82) is 5.26 Å². The maximum absolute atomic E-state index is 13.2. The average Bonchev–Trinajstić information content (AvgIpc) is 2.71. The average molecular weight is 469 g/mol. The Morgan fingerprint density at radius 3 is 2.58 bits per heavy atom. The van der Waals surface area contributed by atoms with Gasteiger partial charge in [0.05, 0.1) is 16.9 Å². The van der Waals surface area contributed by atoms with Gasteiger partial charge >= 0.3 is 6.18 Å². The summed E-state index contributed by atoms with van der Waals surface area (Å²) in [5, 5.41) is 9.83. The van der Waals surface area contributed by atoms with E-state index in [1.807, 2.05) is 24.3 Å². The predicted octanol–water partition coefficient (Wildman–Crippen LogP) is 4.37. The molecule has 0 saturated carbocycles. The molecule has 0 bridgehead atoms. The summed E-state index contributed by atoms with van der Waals surface area (Å²) >= 11 is 6.89. The number of piperazine rings is 1. The quantitative estimate of drug-likeness (QED) is 0.610. The van der Waals surface area contributed by atoms with Crippen LogP contribution in [0.15, 0.2) is 35.4 Å². The SMILES string of the molecule is Cc1cc(C(F)(F)F)c(C#N)c(SCC(=O)N2CCN(Cc3cccc(Cl)c3)CC2)n1. The summed E-state index contributed by atoms with van der Waals surface area (Å²) in [6, 6.07) is 10.1. The molecule has 0 aliphatic carbocycles. The van der Waals surface area contributed by atoms with Gasteiger partial charge in [-0.1, -0.05) is 35.5 Å². The molecular formula is C21H20ClF3N4OS. The summed E-state index contributed by atoms with van der Waals surface area (Å²) < 4.78 is 39.7. The standard InChI is InChI=1S/C21H20ClF3N4OS/c1-14-9-18(21(23,24)25)17(11-26)20(27-14)31-13-19(30)29-7-5-28(6-8-29)12-15-3-2-4-16(22)10-15/h2-4,9-10H,5-8,12-13H2,1H3. The first kappa shape index (κ1) is 23.4.